The van der Waals surface area contributed by atoms with Crippen molar-refractivity contribution in [3.63, 3.8) is 0 Å². The van der Waals surface area contributed by atoms with Crippen molar-refractivity contribution in [2.24, 2.45) is 5.10 Å². The van der Waals surface area contributed by atoms with Crippen LogP contribution in [0.5, 0.6) is 0 Å². The third-order valence-electron chi connectivity index (χ3n) is 2.54. The highest BCUT2D eigenvalue weighted by molar-refractivity contribution is 5.81. The molecule has 0 aliphatic carbocycles. The molecule has 0 bridgehead atoms. The minimum Gasteiger partial charge on any atom is -0.408 e. The van der Waals surface area contributed by atoms with Gasteiger partial charge < -0.3 is 4.42 Å². The van der Waals surface area contributed by atoms with Crippen LogP contribution in [-0.4, -0.2) is 10.3 Å². The first-order valence-corrected chi connectivity index (χ1v) is 5.91. The van der Waals surface area contributed by atoms with Crippen LogP contribution >= 0.6 is 0 Å². The summed E-state index contributed by atoms with van der Waals surface area (Å²) in [6.07, 6.45) is 0. The highest BCUT2D eigenvalue weighted by Gasteiger charge is 2.11. The number of hydrazone groups is 1. The van der Waals surface area contributed by atoms with E-state index in [4.69, 9.17) is 4.42 Å². The van der Waals surface area contributed by atoms with E-state index in [2.05, 4.69) is 10.5 Å². The van der Waals surface area contributed by atoms with Crippen LogP contribution in [0.25, 0.3) is 11.1 Å². The van der Waals surface area contributed by atoms with Gasteiger partial charge in [0.25, 0.3) is 0 Å². The highest BCUT2D eigenvalue weighted by atomic mass is 16.4. The van der Waals surface area contributed by atoms with E-state index < -0.39 is 0 Å². The van der Waals surface area contributed by atoms with Crippen molar-refractivity contribution in [3.8, 4) is 0 Å². The molecule has 1 aromatic carbocycles. The Morgan fingerprint density at radius 3 is 2.72 bits per heavy atom. The second-order valence-corrected chi connectivity index (χ2v) is 4.69. The molecule has 0 radical (unpaired) electrons. The number of hydrogen-bond acceptors (Lipinski definition) is 4. The summed E-state index contributed by atoms with van der Waals surface area (Å²) < 4.78 is 6.86. The summed E-state index contributed by atoms with van der Waals surface area (Å²) in [5.41, 5.74) is 6.01. The molecule has 0 fully saturated rings. The molecule has 0 saturated heterocycles. The molecule has 0 aliphatic rings. The Kier molecular flexibility index (Phi) is 3.23. The number of hydrogen-bond donors (Lipinski definition) is 1. The van der Waals surface area contributed by atoms with Crippen LogP contribution in [0.1, 0.15) is 33.7 Å². The van der Waals surface area contributed by atoms with Gasteiger partial charge in [-0.25, -0.2) is 4.79 Å². The van der Waals surface area contributed by atoms with Gasteiger partial charge in [0.1, 0.15) is 0 Å². The normalized spacial score (nSPS) is 10.9. The summed E-state index contributed by atoms with van der Waals surface area (Å²) in [5.74, 6) is -0.327. The lowest BCUT2D eigenvalue weighted by molar-refractivity contribution is 0.478. The van der Waals surface area contributed by atoms with Crippen molar-refractivity contribution in [3.05, 3.63) is 28.7 Å². The van der Waals surface area contributed by atoms with Gasteiger partial charge in [0.2, 0.25) is 0 Å². The van der Waals surface area contributed by atoms with E-state index in [1.54, 1.807) is 10.6 Å². The lowest BCUT2D eigenvalue weighted by Gasteiger charge is -2.05. The summed E-state index contributed by atoms with van der Waals surface area (Å²) >= 11 is 0. The number of fused-ring (bicyclic) bond motifs is 1. The molecule has 0 amide bonds. The molecule has 0 saturated carbocycles. The summed E-state index contributed by atoms with van der Waals surface area (Å²) in [6, 6.07) is 5.60. The Balaban J connectivity index is 2.48. The van der Waals surface area contributed by atoms with E-state index in [0.29, 0.717) is 5.58 Å². The zero-order chi connectivity index (χ0) is 13.3. The molecule has 2 rings (SSSR count). The van der Waals surface area contributed by atoms with Gasteiger partial charge in [-0.1, -0.05) is 0 Å². The second-order valence-electron chi connectivity index (χ2n) is 4.69. The maximum absolute atomic E-state index is 11.7. The van der Waals surface area contributed by atoms with Crippen molar-refractivity contribution in [1.29, 1.82) is 0 Å². The van der Waals surface area contributed by atoms with E-state index in [-0.39, 0.29) is 11.8 Å². The molecule has 5 nitrogen and oxygen atoms in total. The van der Waals surface area contributed by atoms with Crippen molar-refractivity contribution in [1.82, 2.24) is 4.57 Å². The predicted octanol–water partition coefficient (Wildman–Crippen LogP) is 2.98. The maximum atomic E-state index is 11.7. The van der Waals surface area contributed by atoms with E-state index in [9.17, 15) is 4.79 Å². The fraction of sp³-hybridized carbons (Fsp3) is 0.385. The lowest BCUT2D eigenvalue weighted by Crippen LogP contribution is -2.15. The molecule has 96 valence electrons. The van der Waals surface area contributed by atoms with Gasteiger partial charge in [0.15, 0.2) is 5.58 Å². The summed E-state index contributed by atoms with van der Waals surface area (Å²) in [6.45, 7) is 7.71. The fourth-order valence-corrected chi connectivity index (χ4v) is 1.77. The standard InChI is InChI=1S/C13H17N3O2/c1-8(2)14-15-10-5-6-11-12(7-10)18-13(17)16(11)9(3)4/h5-7,9,15H,1-4H3. The van der Waals surface area contributed by atoms with Crippen LogP contribution in [0, 0.1) is 0 Å². The smallest absolute Gasteiger partial charge is 0.408 e. The quantitative estimate of drug-likeness (QED) is 0.670. The zero-order valence-corrected chi connectivity index (χ0v) is 11.0. The molecule has 0 aliphatic heterocycles. The monoisotopic (exact) mass is 247 g/mol. The van der Waals surface area contributed by atoms with Crippen LogP contribution in [0.15, 0.2) is 32.5 Å². The van der Waals surface area contributed by atoms with Gasteiger partial charge in [-0.15, -0.1) is 0 Å². The average molecular weight is 247 g/mol. The van der Waals surface area contributed by atoms with Crippen molar-refractivity contribution < 1.29 is 4.42 Å². The van der Waals surface area contributed by atoms with Crippen LogP contribution in [0.3, 0.4) is 0 Å². The minimum atomic E-state index is -0.327. The number of oxazole rings is 1. The summed E-state index contributed by atoms with van der Waals surface area (Å²) in [4.78, 5) is 11.7. The highest BCUT2D eigenvalue weighted by Crippen LogP contribution is 2.20. The predicted molar refractivity (Wildman–Crippen MR) is 73.3 cm³/mol. The van der Waals surface area contributed by atoms with Crippen LogP contribution in [-0.2, 0) is 0 Å². The Hall–Kier alpha value is -2.04. The Bertz CT molecular complexity index is 646. The molecule has 18 heavy (non-hydrogen) atoms. The van der Waals surface area contributed by atoms with Crippen LogP contribution in [0.4, 0.5) is 5.69 Å². The van der Waals surface area contributed by atoms with Crippen LogP contribution < -0.4 is 11.2 Å². The topological polar surface area (TPSA) is 59.5 Å². The first-order chi connectivity index (χ1) is 8.49. The lowest BCUT2D eigenvalue weighted by atomic mass is 10.2. The largest absolute Gasteiger partial charge is 0.420 e. The molecule has 1 aromatic heterocycles. The number of nitrogens with one attached hydrogen (secondary N) is 1. The molecule has 0 spiro atoms. The Morgan fingerprint density at radius 1 is 1.39 bits per heavy atom. The molecular weight excluding hydrogens is 230 g/mol. The molecule has 1 N–H and O–H groups in total. The average Bonchev–Trinajstić information content (AvgIpc) is 2.61. The second kappa shape index (κ2) is 4.68. The van der Waals surface area contributed by atoms with Gasteiger partial charge in [0.05, 0.1) is 11.2 Å². The Labute approximate surface area is 105 Å². The van der Waals surface area contributed by atoms with Crippen molar-refractivity contribution in [2.45, 2.75) is 33.7 Å². The number of anilines is 1. The summed E-state index contributed by atoms with van der Waals surface area (Å²) in [7, 11) is 0. The first-order valence-electron chi connectivity index (χ1n) is 5.91. The van der Waals surface area contributed by atoms with E-state index >= 15 is 0 Å². The number of aromatic nitrogens is 1. The van der Waals surface area contributed by atoms with Crippen molar-refractivity contribution in [2.75, 3.05) is 5.43 Å². The van der Waals surface area contributed by atoms with E-state index in [0.717, 1.165) is 16.9 Å². The van der Waals surface area contributed by atoms with Gasteiger partial charge >= 0.3 is 5.76 Å². The summed E-state index contributed by atoms with van der Waals surface area (Å²) in [5, 5.41) is 4.11. The third-order valence-corrected chi connectivity index (χ3v) is 2.54. The molecule has 1 heterocycles. The fourth-order valence-electron chi connectivity index (χ4n) is 1.77. The molecule has 2 aromatic rings. The molecule has 0 atom stereocenters. The zero-order valence-electron chi connectivity index (χ0n) is 11.0. The number of benzene rings is 1. The van der Waals surface area contributed by atoms with Crippen molar-refractivity contribution >= 4 is 22.5 Å². The Morgan fingerprint density at radius 2 is 2.11 bits per heavy atom. The molecular formula is C13H17N3O2. The van der Waals surface area contributed by atoms with Gasteiger partial charge in [-0.2, -0.15) is 5.10 Å². The molecule has 0 unspecified atom stereocenters. The third kappa shape index (κ3) is 2.30. The van der Waals surface area contributed by atoms with E-state index in [1.165, 1.54) is 0 Å². The maximum Gasteiger partial charge on any atom is 0.420 e. The van der Waals surface area contributed by atoms with E-state index in [1.807, 2.05) is 39.8 Å². The van der Waals surface area contributed by atoms with Gasteiger partial charge in [-0.3, -0.25) is 9.99 Å². The van der Waals surface area contributed by atoms with Gasteiger partial charge in [-0.05, 0) is 39.8 Å². The SMILES string of the molecule is CC(C)=NNc1ccc2c(c1)oc(=O)n2C(C)C. The molecule has 5 heteroatoms. The minimum absolute atomic E-state index is 0.0773. The number of nitrogens with zero attached hydrogens (tertiary/aromatic N) is 2. The number of rotatable bonds is 3. The van der Waals surface area contributed by atoms with Crippen LogP contribution in [0.2, 0.25) is 0 Å². The van der Waals surface area contributed by atoms with Gasteiger partial charge in [0, 0.05) is 17.8 Å². The first kappa shape index (κ1) is 12.4.